The molecule has 1 fully saturated rings. The van der Waals surface area contributed by atoms with Gasteiger partial charge in [0.1, 0.15) is 5.75 Å². The van der Waals surface area contributed by atoms with Gasteiger partial charge in [0.25, 0.3) is 0 Å². The van der Waals surface area contributed by atoms with Gasteiger partial charge in [-0.3, -0.25) is 4.90 Å². The molecule has 5 rings (SSSR count). The third-order valence-corrected chi connectivity index (χ3v) is 6.81. The molecule has 0 aliphatic carbocycles. The molecule has 0 radical (unpaired) electrons. The largest absolute Gasteiger partial charge is 0.497 e. The fraction of sp³-hybridized carbons (Fsp3) is 0.323. The Balaban J connectivity index is 1.25. The van der Waals surface area contributed by atoms with Gasteiger partial charge in [0, 0.05) is 50.8 Å². The number of benzene rings is 3. The van der Waals surface area contributed by atoms with Crippen molar-refractivity contribution >= 4 is 5.69 Å². The van der Waals surface area contributed by atoms with E-state index in [-0.39, 0.29) is 0 Å². The zero-order valence-electron chi connectivity index (χ0n) is 22.0. The molecule has 0 spiro atoms. The Labute approximate surface area is 225 Å². The van der Waals surface area contributed by atoms with E-state index in [1.54, 1.807) is 13.3 Å². The van der Waals surface area contributed by atoms with Crippen molar-refractivity contribution in [2.75, 3.05) is 51.5 Å². The highest BCUT2D eigenvalue weighted by atomic mass is 16.5. The van der Waals surface area contributed by atoms with Gasteiger partial charge in [-0.05, 0) is 59.2 Å². The molecule has 1 saturated heterocycles. The van der Waals surface area contributed by atoms with E-state index in [2.05, 4.69) is 75.6 Å². The van der Waals surface area contributed by atoms with Gasteiger partial charge in [-0.2, -0.15) is 5.10 Å². The van der Waals surface area contributed by atoms with Gasteiger partial charge >= 0.3 is 0 Å². The summed E-state index contributed by atoms with van der Waals surface area (Å²) < 4.78 is 18.7. The first-order valence-corrected chi connectivity index (χ1v) is 13.2. The number of aromatic nitrogens is 2. The standard InChI is InChI=1S/C31H36N4O3/c1-36-31-5-2-4-28(22-31)24-34(23-26-6-12-30(13-7-26)35-15-3-14-32-35)29-10-8-27(9-11-29)25-38-21-18-33-16-19-37-20-17-33/h2-15,22H,16-21,23-25H2,1H3. The van der Waals surface area contributed by atoms with Crippen LogP contribution in [0, 0.1) is 0 Å². The topological polar surface area (TPSA) is 52.0 Å². The fourth-order valence-electron chi connectivity index (χ4n) is 4.64. The second-order valence-electron chi connectivity index (χ2n) is 9.50. The minimum atomic E-state index is 0.620. The van der Waals surface area contributed by atoms with Crippen molar-refractivity contribution in [1.29, 1.82) is 0 Å². The molecule has 198 valence electrons. The summed E-state index contributed by atoms with van der Waals surface area (Å²) >= 11 is 0. The quantitative estimate of drug-likeness (QED) is 0.251. The maximum atomic E-state index is 5.96. The molecule has 0 amide bonds. The van der Waals surface area contributed by atoms with Crippen molar-refractivity contribution in [3.63, 3.8) is 0 Å². The Hall–Kier alpha value is -3.65. The number of ether oxygens (including phenoxy) is 3. The molecular weight excluding hydrogens is 476 g/mol. The summed E-state index contributed by atoms with van der Waals surface area (Å²) in [5.41, 5.74) is 5.84. The normalized spacial score (nSPS) is 13.9. The second kappa shape index (κ2) is 13.2. The number of nitrogens with zero attached hydrogens (tertiary/aromatic N) is 4. The molecule has 3 aromatic carbocycles. The van der Waals surface area contributed by atoms with Crippen molar-refractivity contribution in [2.24, 2.45) is 0 Å². The van der Waals surface area contributed by atoms with Crippen LogP contribution < -0.4 is 9.64 Å². The molecule has 2 heterocycles. The maximum absolute atomic E-state index is 5.96. The summed E-state index contributed by atoms with van der Waals surface area (Å²) in [6.07, 6.45) is 3.75. The second-order valence-corrected chi connectivity index (χ2v) is 9.50. The molecule has 1 aliphatic heterocycles. The average Bonchev–Trinajstić information content (AvgIpc) is 3.52. The van der Waals surface area contributed by atoms with Crippen LogP contribution >= 0.6 is 0 Å². The Morgan fingerprint density at radius 1 is 0.868 bits per heavy atom. The van der Waals surface area contributed by atoms with Crippen LogP contribution in [0.4, 0.5) is 5.69 Å². The Kier molecular flexibility index (Phi) is 9.05. The zero-order chi connectivity index (χ0) is 26.0. The highest BCUT2D eigenvalue weighted by Gasteiger charge is 2.12. The first kappa shape index (κ1) is 26.0. The van der Waals surface area contributed by atoms with Crippen molar-refractivity contribution in [2.45, 2.75) is 19.7 Å². The summed E-state index contributed by atoms with van der Waals surface area (Å²) in [6, 6.07) is 27.5. The van der Waals surface area contributed by atoms with Gasteiger partial charge in [0.15, 0.2) is 0 Å². The van der Waals surface area contributed by atoms with E-state index in [1.165, 1.54) is 22.4 Å². The number of methoxy groups -OCH3 is 1. The fourth-order valence-corrected chi connectivity index (χ4v) is 4.64. The van der Waals surface area contributed by atoms with Crippen molar-refractivity contribution in [1.82, 2.24) is 14.7 Å². The molecule has 0 unspecified atom stereocenters. The molecule has 7 heteroatoms. The highest BCUT2D eigenvalue weighted by molar-refractivity contribution is 5.49. The first-order valence-electron chi connectivity index (χ1n) is 13.2. The van der Waals surface area contributed by atoms with Crippen LogP contribution in [-0.4, -0.2) is 61.2 Å². The lowest BCUT2D eigenvalue weighted by Crippen LogP contribution is -2.38. The van der Waals surface area contributed by atoms with Gasteiger partial charge in [-0.25, -0.2) is 4.68 Å². The summed E-state index contributed by atoms with van der Waals surface area (Å²) in [6.45, 7) is 7.49. The van der Waals surface area contributed by atoms with Crippen LogP contribution in [0.1, 0.15) is 16.7 Å². The SMILES string of the molecule is COc1cccc(CN(Cc2ccc(-n3cccn3)cc2)c2ccc(COCCN3CCOCC3)cc2)c1. The highest BCUT2D eigenvalue weighted by Crippen LogP contribution is 2.23. The first-order chi connectivity index (χ1) is 18.8. The van der Waals surface area contributed by atoms with Gasteiger partial charge in [0.2, 0.25) is 0 Å². The van der Waals surface area contributed by atoms with E-state index < -0.39 is 0 Å². The van der Waals surface area contributed by atoms with Crippen LogP contribution in [0.15, 0.2) is 91.3 Å². The molecule has 0 N–H and O–H groups in total. The Bertz CT molecular complexity index is 1240. The Morgan fingerprint density at radius 2 is 1.63 bits per heavy atom. The lowest BCUT2D eigenvalue weighted by molar-refractivity contribution is 0.0180. The minimum Gasteiger partial charge on any atom is -0.497 e. The van der Waals surface area contributed by atoms with E-state index in [1.807, 2.05) is 29.1 Å². The molecule has 1 aromatic heterocycles. The Morgan fingerprint density at radius 3 is 2.37 bits per heavy atom. The van der Waals surface area contributed by atoms with Gasteiger partial charge < -0.3 is 19.1 Å². The van der Waals surface area contributed by atoms with Crippen LogP contribution in [0.25, 0.3) is 5.69 Å². The predicted molar refractivity (Wildman–Crippen MR) is 150 cm³/mol. The molecule has 0 bridgehead atoms. The van der Waals surface area contributed by atoms with Crippen LogP contribution in [0.3, 0.4) is 0 Å². The van der Waals surface area contributed by atoms with Crippen molar-refractivity contribution < 1.29 is 14.2 Å². The van der Waals surface area contributed by atoms with Gasteiger partial charge in [-0.15, -0.1) is 0 Å². The lowest BCUT2D eigenvalue weighted by atomic mass is 10.1. The van der Waals surface area contributed by atoms with Crippen LogP contribution in [0.5, 0.6) is 5.75 Å². The molecular formula is C31H36N4O3. The number of anilines is 1. The third kappa shape index (κ3) is 7.22. The van der Waals surface area contributed by atoms with E-state index >= 15 is 0 Å². The van der Waals surface area contributed by atoms with E-state index in [0.717, 1.165) is 64.0 Å². The zero-order valence-corrected chi connectivity index (χ0v) is 22.0. The summed E-state index contributed by atoms with van der Waals surface area (Å²) in [7, 11) is 1.71. The minimum absolute atomic E-state index is 0.620. The number of hydrogen-bond donors (Lipinski definition) is 0. The maximum Gasteiger partial charge on any atom is 0.119 e. The van der Waals surface area contributed by atoms with Crippen LogP contribution in [-0.2, 0) is 29.2 Å². The van der Waals surface area contributed by atoms with Gasteiger partial charge in [0.05, 0.1) is 39.2 Å². The predicted octanol–water partition coefficient (Wildman–Crippen LogP) is 4.94. The lowest BCUT2D eigenvalue weighted by Gasteiger charge is -2.26. The van der Waals surface area contributed by atoms with Crippen molar-refractivity contribution in [3.05, 3.63) is 108 Å². The number of hydrogen-bond acceptors (Lipinski definition) is 6. The molecule has 0 atom stereocenters. The van der Waals surface area contributed by atoms with E-state index in [4.69, 9.17) is 14.2 Å². The van der Waals surface area contributed by atoms with Crippen LogP contribution in [0.2, 0.25) is 0 Å². The molecule has 0 saturated carbocycles. The third-order valence-electron chi connectivity index (χ3n) is 6.81. The van der Waals surface area contributed by atoms with E-state index in [0.29, 0.717) is 6.61 Å². The summed E-state index contributed by atoms with van der Waals surface area (Å²) in [5.74, 6) is 0.871. The summed E-state index contributed by atoms with van der Waals surface area (Å²) in [4.78, 5) is 4.78. The smallest absolute Gasteiger partial charge is 0.119 e. The van der Waals surface area contributed by atoms with Crippen molar-refractivity contribution in [3.8, 4) is 11.4 Å². The number of rotatable bonds is 12. The molecule has 4 aromatic rings. The molecule has 1 aliphatic rings. The molecule has 7 nitrogen and oxygen atoms in total. The van der Waals surface area contributed by atoms with E-state index in [9.17, 15) is 0 Å². The van der Waals surface area contributed by atoms with Gasteiger partial charge in [-0.1, -0.05) is 36.4 Å². The average molecular weight is 513 g/mol. The molecule has 38 heavy (non-hydrogen) atoms. The summed E-state index contributed by atoms with van der Waals surface area (Å²) in [5, 5.41) is 4.33. The monoisotopic (exact) mass is 512 g/mol. The number of morpholine rings is 1.